The SMILES string of the molecule is C=CCC(OC(=O)C(=C)C)C(N)(CC=C)CC=C.N. The molecular weight excluding hydrogens is 240 g/mol. The normalized spacial score (nSPS) is 11.7. The van der Waals surface area contributed by atoms with Crippen molar-refractivity contribution in [2.24, 2.45) is 5.73 Å². The van der Waals surface area contributed by atoms with E-state index in [9.17, 15) is 4.79 Å². The van der Waals surface area contributed by atoms with Crippen molar-refractivity contribution < 1.29 is 9.53 Å². The molecule has 0 bridgehead atoms. The standard InChI is InChI=1S/C15H23NO2.H3N/c1-6-9-13(18-14(17)12(4)5)15(16,10-7-2)11-8-3;/h6-8,13H,1-4,9-11,16H2,5H3;1H3. The topological polar surface area (TPSA) is 87.3 Å². The molecule has 0 rings (SSSR count). The van der Waals surface area contributed by atoms with Gasteiger partial charge in [0.05, 0.1) is 5.54 Å². The highest BCUT2D eigenvalue weighted by molar-refractivity contribution is 5.87. The molecule has 0 aliphatic carbocycles. The molecule has 1 unspecified atom stereocenters. The van der Waals surface area contributed by atoms with Crippen molar-refractivity contribution in [3.05, 3.63) is 50.1 Å². The maximum absolute atomic E-state index is 11.6. The second-order valence-electron chi connectivity index (χ2n) is 4.42. The van der Waals surface area contributed by atoms with Gasteiger partial charge in [0, 0.05) is 12.0 Å². The highest BCUT2D eigenvalue weighted by Gasteiger charge is 2.35. The van der Waals surface area contributed by atoms with Crippen LogP contribution in [0, 0.1) is 0 Å². The third-order valence-electron chi connectivity index (χ3n) is 2.67. The Labute approximate surface area is 116 Å². The lowest BCUT2D eigenvalue weighted by Crippen LogP contribution is -2.52. The van der Waals surface area contributed by atoms with E-state index in [0.717, 1.165) is 0 Å². The second kappa shape index (κ2) is 9.30. The van der Waals surface area contributed by atoms with E-state index < -0.39 is 17.6 Å². The predicted octanol–water partition coefficient (Wildman–Crippen LogP) is 3.06. The molecule has 0 saturated carbocycles. The zero-order valence-corrected chi connectivity index (χ0v) is 11.9. The minimum atomic E-state index is -0.706. The van der Waals surface area contributed by atoms with Crippen LogP contribution < -0.4 is 11.9 Å². The smallest absolute Gasteiger partial charge is 0.333 e. The number of carbonyl (C=O) groups excluding carboxylic acids is 1. The van der Waals surface area contributed by atoms with E-state index in [1.165, 1.54) is 0 Å². The molecule has 108 valence electrons. The second-order valence-corrected chi connectivity index (χ2v) is 4.42. The van der Waals surface area contributed by atoms with Gasteiger partial charge < -0.3 is 16.6 Å². The van der Waals surface area contributed by atoms with E-state index in [2.05, 4.69) is 26.3 Å². The lowest BCUT2D eigenvalue weighted by Gasteiger charge is -2.35. The Morgan fingerprint density at radius 2 is 1.74 bits per heavy atom. The first-order chi connectivity index (χ1) is 8.41. The zero-order valence-electron chi connectivity index (χ0n) is 11.9. The molecule has 0 aliphatic rings. The van der Waals surface area contributed by atoms with Crippen LogP contribution in [0.4, 0.5) is 0 Å². The van der Waals surface area contributed by atoms with Crippen molar-refractivity contribution >= 4 is 5.97 Å². The minimum Gasteiger partial charge on any atom is -0.457 e. The summed E-state index contributed by atoms with van der Waals surface area (Å²) in [4.78, 5) is 11.6. The van der Waals surface area contributed by atoms with E-state index in [0.29, 0.717) is 24.8 Å². The van der Waals surface area contributed by atoms with Gasteiger partial charge in [-0.1, -0.05) is 24.8 Å². The summed E-state index contributed by atoms with van der Waals surface area (Å²) in [5, 5.41) is 0. The predicted molar refractivity (Wildman–Crippen MR) is 81.1 cm³/mol. The van der Waals surface area contributed by atoms with Crippen molar-refractivity contribution in [1.29, 1.82) is 0 Å². The van der Waals surface area contributed by atoms with E-state index in [-0.39, 0.29) is 6.15 Å². The fraction of sp³-hybridized carbons (Fsp3) is 0.400. The van der Waals surface area contributed by atoms with Crippen molar-refractivity contribution in [3.63, 3.8) is 0 Å². The molecule has 0 aromatic carbocycles. The van der Waals surface area contributed by atoms with E-state index in [1.807, 2.05) is 0 Å². The summed E-state index contributed by atoms with van der Waals surface area (Å²) in [6, 6.07) is 0. The Balaban J connectivity index is 0. The Bertz CT molecular complexity index is 338. The number of hydrogen-bond donors (Lipinski definition) is 2. The number of hydrogen-bond acceptors (Lipinski definition) is 4. The third-order valence-corrected chi connectivity index (χ3v) is 2.67. The largest absolute Gasteiger partial charge is 0.457 e. The molecule has 1 atom stereocenters. The van der Waals surface area contributed by atoms with Crippen LogP contribution in [0.15, 0.2) is 50.1 Å². The first-order valence-electron chi connectivity index (χ1n) is 5.89. The molecule has 0 aliphatic heterocycles. The van der Waals surface area contributed by atoms with Crippen molar-refractivity contribution in [2.45, 2.75) is 37.8 Å². The Morgan fingerprint density at radius 3 is 2.05 bits per heavy atom. The van der Waals surface area contributed by atoms with Crippen molar-refractivity contribution in [1.82, 2.24) is 6.15 Å². The maximum atomic E-state index is 11.6. The zero-order chi connectivity index (χ0) is 14.2. The summed E-state index contributed by atoms with van der Waals surface area (Å²) >= 11 is 0. The van der Waals surface area contributed by atoms with Crippen LogP contribution in [0.2, 0.25) is 0 Å². The van der Waals surface area contributed by atoms with Gasteiger partial charge in [0.2, 0.25) is 0 Å². The van der Waals surface area contributed by atoms with Crippen LogP contribution >= 0.6 is 0 Å². The lowest BCUT2D eigenvalue weighted by atomic mass is 9.84. The van der Waals surface area contributed by atoms with Crippen molar-refractivity contribution in [2.75, 3.05) is 0 Å². The van der Waals surface area contributed by atoms with Crippen LogP contribution in [0.1, 0.15) is 26.2 Å². The fourth-order valence-electron chi connectivity index (χ4n) is 1.67. The van der Waals surface area contributed by atoms with Gasteiger partial charge in [0.1, 0.15) is 6.10 Å². The van der Waals surface area contributed by atoms with Crippen LogP contribution in [-0.2, 0) is 9.53 Å². The van der Waals surface area contributed by atoms with Gasteiger partial charge in [-0.2, -0.15) is 0 Å². The third kappa shape index (κ3) is 6.18. The lowest BCUT2D eigenvalue weighted by molar-refractivity contribution is -0.147. The molecule has 0 aromatic heterocycles. The monoisotopic (exact) mass is 266 g/mol. The summed E-state index contributed by atoms with van der Waals surface area (Å²) in [6.07, 6.45) is 6.20. The molecule has 0 fully saturated rings. The van der Waals surface area contributed by atoms with Gasteiger partial charge >= 0.3 is 5.97 Å². The first-order valence-corrected chi connectivity index (χ1v) is 5.89. The molecular formula is C15H26N2O2. The molecule has 19 heavy (non-hydrogen) atoms. The summed E-state index contributed by atoms with van der Waals surface area (Å²) in [6.45, 7) is 16.2. The number of rotatable bonds is 9. The van der Waals surface area contributed by atoms with Gasteiger partial charge in [-0.3, -0.25) is 0 Å². The maximum Gasteiger partial charge on any atom is 0.333 e. The minimum absolute atomic E-state index is 0. The van der Waals surface area contributed by atoms with Crippen LogP contribution in [0.3, 0.4) is 0 Å². The fourth-order valence-corrected chi connectivity index (χ4v) is 1.67. The van der Waals surface area contributed by atoms with Gasteiger partial charge in [-0.15, -0.1) is 19.7 Å². The molecule has 4 nitrogen and oxygen atoms in total. The molecule has 0 aromatic rings. The molecule has 4 heteroatoms. The van der Waals surface area contributed by atoms with Gasteiger partial charge in [0.15, 0.2) is 0 Å². The highest BCUT2D eigenvalue weighted by atomic mass is 16.5. The molecule has 0 amide bonds. The van der Waals surface area contributed by atoms with Crippen LogP contribution in [0.25, 0.3) is 0 Å². The highest BCUT2D eigenvalue weighted by Crippen LogP contribution is 2.24. The molecule has 0 saturated heterocycles. The van der Waals surface area contributed by atoms with Crippen LogP contribution in [0.5, 0.6) is 0 Å². The van der Waals surface area contributed by atoms with Gasteiger partial charge in [-0.05, 0) is 19.8 Å². The number of esters is 1. The molecule has 0 heterocycles. The first kappa shape index (κ1) is 19.7. The number of nitrogens with two attached hydrogens (primary N) is 1. The summed E-state index contributed by atoms with van der Waals surface area (Å²) in [7, 11) is 0. The summed E-state index contributed by atoms with van der Waals surface area (Å²) < 4.78 is 5.39. The average molecular weight is 266 g/mol. The van der Waals surface area contributed by atoms with E-state index >= 15 is 0 Å². The Morgan fingerprint density at radius 1 is 1.26 bits per heavy atom. The van der Waals surface area contributed by atoms with E-state index in [4.69, 9.17) is 10.5 Å². The Hall–Kier alpha value is -1.65. The number of carbonyl (C=O) groups is 1. The molecule has 0 spiro atoms. The quantitative estimate of drug-likeness (QED) is 0.381. The van der Waals surface area contributed by atoms with Crippen molar-refractivity contribution in [3.8, 4) is 0 Å². The summed E-state index contributed by atoms with van der Waals surface area (Å²) in [5.41, 5.74) is 5.95. The van der Waals surface area contributed by atoms with E-state index in [1.54, 1.807) is 25.2 Å². The Kier molecular flexibility index (Phi) is 9.64. The molecule has 5 N–H and O–H groups in total. The van der Waals surface area contributed by atoms with Gasteiger partial charge in [0.25, 0.3) is 0 Å². The average Bonchev–Trinajstić information content (AvgIpc) is 2.28. The number of ether oxygens (including phenoxy) is 1. The summed E-state index contributed by atoms with van der Waals surface area (Å²) in [5.74, 6) is -0.440. The molecule has 0 radical (unpaired) electrons. The van der Waals surface area contributed by atoms with Crippen LogP contribution in [-0.4, -0.2) is 17.6 Å². The van der Waals surface area contributed by atoms with Gasteiger partial charge in [-0.25, -0.2) is 4.79 Å².